The molecule has 0 spiro atoms. The van der Waals surface area contributed by atoms with E-state index in [2.05, 4.69) is 6.92 Å². The van der Waals surface area contributed by atoms with Gasteiger partial charge in [-0.25, -0.2) is 0 Å². The molecule has 0 bridgehead atoms. The Labute approximate surface area is 128 Å². The van der Waals surface area contributed by atoms with Crippen molar-refractivity contribution in [1.29, 1.82) is 0 Å². The van der Waals surface area contributed by atoms with Gasteiger partial charge in [-0.2, -0.15) is 0 Å². The number of carbonyl (C=O) groups is 2. The van der Waals surface area contributed by atoms with E-state index in [1.54, 1.807) is 7.11 Å². The molecule has 1 aliphatic rings. The van der Waals surface area contributed by atoms with Gasteiger partial charge in [-0.05, 0) is 46.5 Å². The number of hydrogen-bond donors (Lipinski definition) is 0. The summed E-state index contributed by atoms with van der Waals surface area (Å²) in [6.07, 6.45) is 2.71. The van der Waals surface area contributed by atoms with E-state index in [4.69, 9.17) is 9.47 Å². The molecule has 1 aliphatic carbocycles. The topological polar surface area (TPSA) is 55.8 Å². The third kappa shape index (κ3) is 6.93. The summed E-state index contributed by atoms with van der Waals surface area (Å²) in [6.45, 7) is 8.67. The first-order valence-corrected chi connectivity index (χ1v) is 7.75. The Morgan fingerprint density at radius 2 is 1.86 bits per heavy atom. The highest BCUT2D eigenvalue weighted by Crippen LogP contribution is 2.35. The molecule has 0 aromatic carbocycles. The Bertz CT molecular complexity index is 358. The molecule has 0 aromatic heterocycles. The van der Waals surface area contributed by atoms with Crippen LogP contribution >= 0.6 is 0 Å². The number of methoxy groups -OCH3 is 1. The molecule has 0 heterocycles. The Balaban J connectivity index is 2.46. The molecule has 5 heteroatoms. The highest BCUT2D eigenvalue weighted by Gasteiger charge is 2.34. The Morgan fingerprint density at radius 1 is 1.24 bits per heavy atom. The molecule has 0 radical (unpaired) electrons. The van der Waals surface area contributed by atoms with Gasteiger partial charge in [-0.3, -0.25) is 9.59 Å². The summed E-state index contributed by atoms with van der Waals surface area (Å²) in [5, 5.41) is 0. The summed E-state index contributed by atoms with van der Waals surface area (Å²) in [5.41, 5.74) is -0.503. The van der Waals surface area contributed by atoms with Crippen molar-refractivity contribution in [3.8, 4) is 0 Å². The zero-order valence-electron chi connectivity index (χ0n) is 14.0. The third-order valence-corrected chi connectivity index (χ3v) is 3.62. The minimum Gasteiger partial charge on any atom is -0.460 e. The SMILES string of the molecule is COCCN(C(=O)CCC(=O)OC(C)(C)C)C(C)C1CC1. The molecule has 0 aromatic rings. The smallest absolute Gasteiger partial charge is 0.306 e. The van der Waals surface area contributed by atoms with E-state index in [0.717, 1.165) is 0 Å². The summed E-state index contributed by atoms with van der Waals surface area (Å²) in [6, 6.07) is 0.228. The van der Waals surface area contributed by atoms with Crippen LogP contribution < -0.4 is 0 Å². The molecule has 1 unspecified atom stereocenters. The predicted octanol–water partition coefficient (Wildman–Crippen LogP) is 2.38. The molecule has 1 rings (SSSR count). The van der Waals surface area contributed by atoms with Crippen LogP contribution in [-0.2, 0) is 19.1 Å². The summed E-state index contributed by atoms with van der Waals surface area (Å²) < 4.78 is 10.3. The van der Waals surface area contributed by atoms with Crippen molar-refractivity contribution >= 4 is 11.9 Å². The van der Waals surface area contributed by atoms with Crippen LogP contribution in [0.4, 0.5) is 0 Å². The standard InChI is InChI=1S/C16H29NO4/c1-12(13-6-7-13)17(10-11-20-5)14(18)8-9-15(19)21-16(2,3)4/h12-13H,6-11H2,1-5H3. The van der Waals surface area contributed by atoms with Crippen molar-refractivity contribution < 1.29 is 19.1 Å². The number of nitrogens with zero attached hydrogens (tertiary/aromatic N) is 1. The fraction of sp³-hybridized carbons (Fsp3) is 0.875. The van der Waals surface area contributed by atoms with Crippen molar-refractivity contribution in [2.75, 3.05) is 20.3 Å². The number of ether oxygens (including phenoxy) is 2. The molecule has 0 aliphatic heterocycles. The number of carbonyl (C=O) groups excluding carboxylic acids is 2. The Kier molecular flexibility index (Phi) is 6.65. The van der Waals surface area contributed by atoms with Gasteiger partial charge >= 0.3 is 5.97 Å². The zero-order valence-corrected chi connectivity index (χ0v) is 14.0. The van der Waals surface area contributed by atoms with Crippen LogP contribution in [0.5, 0.6) is 0 Å². The predicted molar refractivity (Wildman–Crippen MR) is 80.9 cm³/mol. The van der Waals surface area contributed by atoms with Crippen molar-refractivity contribution in [2.45, 2.75) is 65.0 Å². The number of amides is 1. The molecule has 1 amide bonds. The lowest BCUT2D eigenvalue weighted by Gasteiger charge is -2.29. The quantitative estimate of drug-likeness (QED) is 0.646. The van der Waals surface area contributed by atoms with Gasteiger partial charge < -0.3 is 14.4 Å². The first-order chi connectivity index (χ1) is 9.74. The molecule has 0 saturated heterocycles. The first kappa shape index (κ1) is 18.0. The van der Waals surface area contributed by atoms with E-state index in [9.17, 15) is 9.59 Å². The molecule has 1 fully saturated rings. The third-order valence-electron chi connectivity index (χ3n) is 3.62. The van der Waals surface area contributed by atoms with Gasteiger partial charge in [0.2, 0.25) is 5.91 Å². The number of rotatable bonds is 8. The lowest BCUT2D eigenvalue weighted by molar-refractivity contribution is -0.156. The number of esters is 1. The number of hydrogen-bond acceptors (Lipinski definition) is 4. The Hall–Kier alpha value is -1.10. The minimum absolute atomic E-state index is 0.0114. The van der Waals surface area contributed by atoms with E-state index < -0.39 is 5.60 Å². The fourth-order valence-electron chi connectivity index (χ4n) is 2.32. The summed E-state index contributed by atoms with van der Waals surface area (Å²) >= 11 is 0. The van der Waals surface area contributed by atoms with Crippen LogP contribution in [0.1, 0.15) is 53.4 Å². The van der Waals surface area contributed by atoms with Gasteiger partial charge in [-0.15, -0.1) is 0 Å². The molecular formula is C16H29NO4. The molecule has 21 heavy (non-hydrogen) atoms. The summed E-state index contributed by atoms with van der Waals surface area (Å²) in [7, 11) is 1.63. The molecule has 1 atom stereocenters. The zero-order chi connectivity index (χ0) is 16.0. The molecule has 122 valence electrons. The van der Waals surface area contributed by atoms with Crippen LogP contribution in [-0.4, -0.2) is 48.7 Å². The maximum Gasteiger partial charge on any atom is 0.306 e. The maximum atomic E-state index is 12.4. The second-order valence-electron chi connectivity index (χ2n) is 6.74. The Morgan fingerprint density at radius 3 is 2.33 bits per heavy atom. The average molecular weight is 299 g/mol. The summed E-state index contributed by atoms with van der Waals surface area (Å²) in [4.78, 5) is 25.9. The maximum absolute atomic E-state index is 12.4. The van der Waals surface area contributed by atoms with Crippen molar-refractivity contribution in [3.63, 3.8) is 0 Å². The highest BCUT2D eigenvalue weighted by molar-refractivity contribution is 5.81. The van der Waals surface area contributed by atoms with Gasteiger partial charge in [0.25, 0.3) is 0 Å². The van der Waals surface area contributed by atoms with Gasteiger partial charge in [0.1, 0.15) is 5.60 Å². The van der Waals surface area contributed by atoms with E-state index >= 15 is 0 Å². The van der Waals surface area contributed by atoms with E-state index in [-0.39, 0.29) is 30.8 Å². The minimum atomic E-state index is -0.503. The lowest BCUT2D eigenvalue weighted by atomic mass is 10.1. The fourth-order valence-corrected chi connectivity index (χ4v) is 2.32. The van der Waals surface area contributed by atoms with E-state index in [1.807, 2.05) is 25.7 Å². The van der Waals surface area contributed by atoms with Crippen molar-refractivity contribution in [1.82, 2.24) is 4.90 Å². The monoisotopic (exact) mass is 299 g/mol. The lowest BCUT2D eigenvalue weighted by Crippen LogP contribution is -2.42. The van der Waals surface area contributed by atoms with Crippen LogP contribution in [0.2, 0.25) is 0 Å². The van der Waals surface area contributed by atoms with Gasteiger partial charge in [0.05, 0.1) is 13.0 Å². The van der Waals surface area contributed by atoms with Crippen LogP contribution in [0.3, 0.4) is 0 Å². The molecular weight excluding hydrogens is 270 g/mol. The van der Waals surface area contributed by atoms with E-state index in [1.165, 1.54) is 12.8 Å². The normalized spacial score (nSPS) is 16.4. The van der Waals surface area contributed by atoms with Gasteiger partial charge in [0.15, 0.2) is 0 Å². The van der Waals surface area contributed by atoms with Crippen LogP contribution in [0.25, 0.3) is 0 Å². The van der Waals surface area contributed by atoms with Crippen molar-refractivity contribution in [3.05, 3.63) is 0 Å². The van der Waals surface area contributed by atoms with Crippen molar-refractivity contribution in [2.24, 2.45) is 5.92 Å². The van der Waals surface area contributed by atoms with Gasteiger partial charge in [-0.1, -0.05) is 0 Å². The van der Waals surface area contributed by atoms with E-state index in [0.29, 0.717) is 19.1 Å². The first-order valence-electron chi connectivity index (χ1n) is 7.75. The molecule has 0 N–H and O–H groups in total. The second kappa shape index (κ2) is 7.78. The largest absolute Gasteiger partial charge is 0.460 e. The van der Waals surface area contributed by atoms with Crippen LogP contribution in [0.15, 0.2) is 0 Å². The molecule has 1 saturated carbocycles. The molecule has 5 nitrogen and oxygen atoms in total. The highest BCUT2D eigenvalue weighted by atomic mass is 16.6. The van der Waals surface area contributed by atoms with Gasteiger partial charge in [0, 0.05) is 26.1 Å². The summed E-state index contributed by atoms with van der Waals surface area (Å²) in [5.74, 6) is 0.297. The average Bonchev–Trinajstić information content (AvgIpc) is 3.18. The van der Waals surface area contributed by atoms with Crippen LogP contribution in [0, 0.1) is 5.92 Å². The second-order valence-corrected chi connectivity index (χ2v) is 6.74.